The largest absolute Gasteiger partial charge is 0.274 e. The number of benzene rings is 1. The predicted molar refractivity (Wildman–Crippen MR) is 109 cm³/mol. The molecule has 2 aromatic rings. The van der Waals surface area contributed by atoms with Crippen LogP contribution in [0.15, 0.2) is 35.7 Å². The third-order valence-corrected chi connectivity index (χ3v) is 7.61. The summed E-state index contributed by atoms with van der Waals surface area (Å²) in [5, 5.41) is 2.54. The highest BCUT2D eigenvalue weighted by atomic mass is 32.2. The van der Waals surface area contributed by atoms with Crippen molar-refractivity contribution >= 4 is 38.1 Å². The molecule has 27 heavy (non-hydrogen) atoms. The molecule has 0 radical (unpaired) electrons. The number of thiazole rings is 1. The summed E-state index contributed by atoms with van der Waals surface area (Å²) in [5.74, 6) is -0.330. The topological polar surface area (TPSA) is 70.6 Å². The van der Waals surface area contributed by atoms with Crippen molar-refractivity contribution in [3.63, 3.8) is 0 Å². The molecule has 0 saturated carbocycles. The van der Waals surface area contributed by atoms with E-state index in [2.05, 4.69) is 4.98 Å². The molecule has 2 heterocycles. The molecule has 1 unspecified atom stereocenters. The fraction of sp³-hybridized carbons (Fsp3) is 0.474. The summed E-state index contributed by atoms with van der Waals surface area (Å²) in [6.07, 6.45) is 1.95. The zero-order valence-corrected chi connectivity index (χ0v) is 17.3. The van der Waals surface area contributed by atoms with Gasteiger partial charge in [-0.1, -0.05) is 25.1 Å². The lowest BCUT2D eigenvalue weighted by Gasteiger charge is -2.33. The van der Waals surface area contributed by atoms with E-state index in [1.54, 1.807) is 4.90 Å². The van der Waals surface area contributed by atoms with Gasteiger partial charge in [-0.25, -0.2) is 17.7 Å². The van der Waals surface area contributed by atoms with E-state index in [9.17, 15) is 13.2 Å². The number of carbonyl (C=O) groups excluding carboxylic acids is 1. The zero-order valence-electron chi connectivity index (χ0n) is 15.7. The van der Waals surface area contributed by atoms with Crippen LogP contribution < -0.4 is 4.90 Å². The van der Waals surface area contributed by atoms with Gasteiger partial charge in [0.2, 0.25) is 15.9 Å². The maximum absolute atomic E-state index is 13.4. The first-order chi connectivity index (χ1) is 12.9. The van der Waals surface area contributed by atoms with E-state index in [4.69, 9.17) is 0 Å². The summed E-state index contributed by atoms with van der Waals surface area (Å²) in [5.41, 5.74) is 1.62. The molecule has 1 aliphatic heterocycles. The summed E-state index contributed by atoms with van der Waals surface area (Å²) < 4.78 is 26.4. The highest BCUT2D eigenvalue weighted by Crippen LogP contribution is 2.32. The first kappa shape index (κ1) is 20.0. The van der Waals surface area contributed by atoms with Crippen molar-refractivity contribution in [1.82, 2.24) is 9.29 Å². The average Bonchev–Trinajstić information content (AvgIpc) is 3.08. The second kappa shape index (κ2) is 8.50. The van der Waals surface area contributed by atoms with Crippen molar-refractivity contribution in [2.24, 2.45) is 5.92 Å². The summed E-state index contributed by atoms with van der Waals surface area (Å²) in [6, 6.07) is 9.43. The van der Waals surface area contributed by atoms with Gasteiger partial charge in [-0.15, -0.1) is 11.3 Å². The lowest BCUT2D eigenvalue weighted by atomic mass is 9.98. The minimum atomic E-state index is -3.30. The van der Waals surface area contributed by atoms with Crippen molar-refractivity contribution in [2.45, 2.75) is 33.1 Å². The molecule has 146 valence electrons. The maximum atomic E-state index is 13.4. The maximum Gasteiger partial charge on any atom is 0.237 e. The second-order valence-corrected chi connectivity index (χ2v) is 9.72. The third-order valence-electron chi connectivity index (χ3n) is 4.62. The van der Waals surface area contributed by atoms with Crippen LogP contribution in [-0.4, -0.2) is 42.5 Å². The molecule has 8 heteroatoms. The summed E-state index contributed by atoms with van der Waals surface area (Å²) in [7, 11) is -3.30. The smallest absolute Gasteiger partial charge is 0.237 e. The van der Waals surface area contributed by atoms with Crippen molar-refractivity contribution in [1.29, 1.82) is 0 Å². The summed E-state index contributed by atoms with van der Waals surface area (Å²) in [6.45, 7) is 4.49. The standard InChI is InChI=1S/C19H25N3O3S2/c1-3-12-27(24,25)21-11-7-8-16(13-21)18(23)22(17-9-5-4-6-10-17)19-20-15(2)14-26-19/h4-6,9-10,14,16H,3,7-8,11-13H2,1-2H3. The number of rotatable bonds is 6. The first-order valence-electron chi connectivity index (χ1n) is 9.21. The Balaban J connectivity index is 1.88. The van der Waals surface area contributed by atoms with Crippen LogP contribution in [0.1, 0.15) is 31.9 Å². The number of sulfonamides is 1. The first-order valence-corrected chi connectivity index (χ1v) is 11.7. The molecule has 3 rings (SSSR count). The monoisotopic (exact) mass is 407 g/mol. The van der Waals surface area contributed by atoms with Crippen molar-refractivity contribution < 1.29 is 13.2 Å². The lowest BCUT2D eigenvalue weighted by Crippen LogP contribution is -2.46. The Kier molecular flexibility index (Phi) is 6.29. The number of aromatic nitrogens is 1. The predicted octanol–water partition coefficient (Wildman–Crippen LogP) is 3.57. The van der Waals surface area contributed by atoms with E-state index in [0.29, 0.717) is 30.9 Å². The van der Waals surface area contributed by atoms with Gasteiger partial charge in [0.1, 0.15) is 0 Å². The van der Waals surface area contributed by atoms with Crippen LogP contribution in [0.3, 0.4) is 0 Å². The highest BCUT2D eigenvalue weighted by Gasteiger charge is 2.35. The summed E-state index contributed by atoms with van der Waals surface area (Å²) in [4.78, 5) is 19.5. The number of para-hydroxylation sites is 1. The molecule has 1 aliphatic rings. The summed E-state index contributed by atoms with van der Waals surface area (Å²) >= 11 is 1.42. The molecule has 1 atom stereocenters. The Morgan fingerprint density at radius 2 is 2.07 bits per heavy atom. The molecular weight excluding hydrogens is 382 g/mol. The highest BCUT2D eigenvalue weighted by molar-refractivity contribution is 7.89. The van der Waals surface area contributed by atoms with E-state index in [1.165, 1.54) is 15.6 Å². The number of hydrogen-bond acceptors (Lipinski definition) is 5. The van der Waals surface area contributed by atoms with E-state index in [0.717, 1.165) is 11.4 Å². The Morgan fingerprint density at radius 3 is 2.70 bits per heavy atom. The van der Waals surface area contributed by atoms with Gasteiger partial charge in [-0.2, -0.15) is 0 Å². The Labute approximate surface area is 164 Å². The Bertz CT molecular complexity index is 881. The number of amides is 1. The minimum Gasteiger partial charge on any atom is -0.274 e. The molecule has 0 spiro atoms. The van der Waals surface area contributed by atoms with E-state index < -0.39 is 10.0 Å². The van der Waals surface area contributed by atoms with Gasteiger partial charge in [0.25, 0.3) is 0 Å². The van der Waals surface area contributed by atoms with Crippen LogP contribution in [0.25, 0.3) is 0 Å². The molecule has 1 aromatic heterocycles. The molecule has 1 aromatic carbocycles. The number of carbonyl (C=O) groups is 1. The van der Waals surface area contributed by atoms with Gasteiger partial charge >= 0.3 is 0 Å². The fourth-order valence-electron chi connectivity index (χ4n) is 3.32. The lowest BCUT2D eigenvalue weighted by molar-refractivity contribution is -0.122. The van der Waals surface area contributed by atoms with Crippen molar-refractivity contribution in [3.8, 4) is 0 Å². The van der Waals surface area contributed by atoms with Crippen LogP contribution in [0.2, 0.25) is 0 Å². The Hall–Kier alpha value is -1.77. The zero-order chi connectivity index (χ0) is 19.4. The minimum absolute atomic E-state index is 0.0908. The van der Waals surface area contributed by atoms with Crippen LogP contribution >= 0.6 is 11.3 Å². The quantitative estimate of drug-likeness (QED) is 0.734. The number of hydrogen-bond donors (Lipinski definition) is 0. The number of nitrogens with zero attached hydrogens (tertiary/aromatic N) is 3. The SMILES string of the molecule is CCCS(=O)(=O)N1CCCC(C(=O)N(c2ccccc2)c2nc(C)cs2)C1. The van der Waals surface area contributed by atoms with Crippen LogP contribution in [-0.2, 0) is 14.8 Å². The van der Waals surface area contributed by atoms with Crippen molar-refractivity contribution in [3.05, 3.63) is 41.4 Å². The van der Waals surface area contributed by atoms with Gasteiger partial charge < -0.3 is 0 Å². The van der Waals surface area contributed by atoms with Crippen LogP contribution in [0.5, 0.6) is 0 Å². The van der Waals surface area contributed by atoms with E-state index in [-0.39, 0.29) is 24.1 Å². The Morgan fingerprint density at radius 1 is 1.33 bits per heavy atom. The van der Waals surface area contributed by atoms with Gasteiger partial charge in [0.15, 0.2) is 5.13 Å². The van der Waals surface area contributed by atoms with E-state index in [1.807, 2.05) is 49.6 Å². The van der Waals surface area contributed by atoms with E-state index >= 15 is 0 Å². The molecule has 1 saturated heterocycles. The second-order valence-electron chi connectivity index (χ2n) is 6.79. The molecule has 0 bridgehead atoms. The molecular formula is C19H25N3O3S2. The molecule has 1 fully saturated rings. The molecule has 0 aliphatic carbocycles. The third kappa shape index (κ3) is 4.56. The van der Waals surface area contributed by atoms with Crippen LogP contribution in [0, 0.1) is 12.8 Å². The van der Waals surface area contributed by atoms with Crippen molar-refractivity contribution in [2.75, 3.05) is 23.7 Å². The average molecular weight is 408 g/mol. The molecule has 1 amide bonds. The fourth-order valence-corrected chi connectivity index (χ4v) is 5.73. The normalized spacial score (nSPS) is 18.4. The van der Waals surface area contributed by atoms with Gasteiger partial charge in [-0.05, 0) is 38.3 Å². The molecule has 6 nitrogen and oxygen atoms in total. The van der Waals surface area contributed by atoms with Gasteiger partial charge in [-0.3, -0.25) is 9.69 Å². The number of aryl methyl sites for hydroxylation is 1. The van der Waals surface area contributed by atoms with Gasteiger partial charge in [0, 0.05) is 18.5 Å². The van der Waals surface area contributed by atoms with Gasteiger partial charge in [0.05, 0.1) is 23.1 Å². The van der Waals surface area contributed by atoms with Crippen LogP contribution in [0.4, 0.5) is 10.8 Å². The number of piperidine rings is 1. The molecule has 0 N–H and O–H groups in total. The number of anilines is 2.